The normalized spacial score (nSPS) is 18.8. The summed E-state index contributed by atoms with van der Waals surface area (Å²) in [6.45, 7) is 5.23. The van der Waals surface area contributed by atoms with E-state index < -0.39 is 10.0 Å². The average molecular weight is 304 g/mol. The minimum absolute atomic E-state index is 0.281. The Morgan fingerprint density at radius 3 is 2.63 bits per heavy atom. The van der Waals surface area contributed by atoms with Gasteiger partial charge in [-0.2, -0.15) is 0 Å². The summed E-state index contributed by atoms with van der Waals surface area (Å²) in [5.41, 5.74) is 6.03. The number of thiophene rings is 1. The molecule has 3 N–H and O–H groups in total. The molecule has 0 bridgehead atoms. The van der Waals surface area contributed by atoms with Gasteiger partial charge in [0, 0.05) is 50.3 Å². The number of likely N-dealkylation sites (N-methyl/N-ethyl adjacent to an activating group) is 1. The highest BCUT2D eigenvalue weighted by molar-refractivity contribution is 7.91. The van der Waals surface area contributed by atoms with E-state index in [4.69, 9.17) is 5.73 Å². The second-order valence-electron chi connectivity index (χ2n) is 4.74. The Morgan fingerprint density at radius 2 is 2.05 bits per heavy atom. The highest BCUT2D eigenvalue weighted by Gasteiger charge is 2.17. The van der Waals surface area contributed by atoms with Crippen LogP contribution in [0.25, 0.3) is 0 Å². The number of piperazine rings is 1. The molecular weight excluding hydrogens is 284 g/mol. The summed E-state index contributed by atoms with van der Waals surface area (Å²) in [7, 11) is -1.30. The third-order valence-electron chi connectivity index (χ3n) is 3.18. The van der Waals surface area contributed by atoms with Gasteiger partial charge in [0.15, 0.2) is 0 Å². The maximum absolute atomic E-state index is 12.0. The summed E-state index contributed by atoms with van der Waals surface area (Å²) in [5.74, 6) is 0. The SMILES string of the molecule is CN1CCN(CCNS(=O)(=O)c2cc(N)cs2)CC1. The third-order valence-corrected chi connectivity index (χ3v) is 6.10. The summed E-state index contributed by atoms with van der Waals surface area (Å²) < 4.78 is 26.8. The molecule has 0 amide bonds. The fourth-order valence-corrected chi connectivity index (χ4v) is 4.10. The summed E-state index contributed by atoms with van der Waals surface area (Å²) >= 11 is 1.15. The van der Waals surface area contributed by atoms with Crippen LogP contribution in [0.1, 0.15) is 0 Å². The van der Waals surface area contributed by atoms with Crippen LogP contribution < -0.4 is 10.5 Å². The van der Waals surface area contributed by atoms with Gasteiger partial charge in [-0.25, -0.2) is 13.1 Å². The van der Waals surface area contributed by atoms with Crippen LogP contribution in [-0.4, -0.2) is 64.5 Å². The Bertz CT molecular complexity index is 507. The number of sulfonamides is 1. The van der Waals surface area contributed by atoms with E-state index >= 15 is 0 Å². The zero-order valence-corrected chi connectivity index (χ0v) is 12.6. The van der Waals surface area contributed by atoms with Crippen LogP contribution >= 0.6 is 11.3 Å². The molecule has 1 fully saturated rings. The Morgan fingerprint density at radius 1 is 1.37 bits per heavy atom. The minimum atomic E-state index is -3.40. The number of nitrogens with two attached hydrogens (primary N) is 1. The molecule has 1 saturated heterocycles. The van der Waals surface area contributed by atoms with E-state index in [1.165, 1.54) is 6.07 Å². The van der Waals surface area contributed by atoms with Gasteiger partial charge in [0.25, 0.3) is 0 Å². The number of nitrogens with one attached hydrogen (secondary N) is 1. The van der Waals surface area contributed by atoms with E-state index in [0.717, 1.165) is 44.1 Å². The lowest BCUT2D eigenvalue weighted by Crippen LogP contribution is -2.46. The first-order valence-electron chi connectivity index (χ1n) is 6.22. The maximum Gasteiger partial charge on any atom is 0.250 e. The Labute approximate surface area is 118 Å². The number of hydrogen-bond acceptors (Lipinski definition) is 6. The van der Waals surface area contributed by atoms with Gasteiger partial charge < -0.3 is 10.6 Å². The molecule has 0 aromatic carbocycles. The highest BCUT2D eigenvalue weighted by Crippen LogP contribution is 2.21. The second kappa shape index (κ2) is 6.19. The van der Waals surface area contributed by atoms with Crippen LogP contribution in [-0.2, 0) is 10.0 Å². The van der Waals surface area contributed by atoms with Crippen molar-refractivity contribution in [3.63, 3.8) is 0 Å². The Balaban J connectivity index is 1.79. The van der Waals surface area contributed by atoms with E-state index in [0.29, 0.717) is 12.2 Å². The third kappa shape index (κ3) is 4.15. The molecule has 1 aromatic heterocycles. The Kier molecular flexibility index (Phi) is 4.80. The number of nitrogens with zero attached hydrogens (tertiary/aromatic N) is 2. The van der Waals surface area contributed by atoms with E-state index in [1.807, 2.05) is 0 Å². The van der Waals surface area contributed by atoms with E-state index in [2.05, 4.69) is 21.6 Å². The van der Waals surface area contributed by atoms with Crippen molar-refractivity contribution >= 4 is 27.0 Å². The first-order valence-corrected chi connectivity index (χ1v) is 8.58. The number of hydrogen-bond donors (Lipinski definition) is 2. The van der Waals surface area contributed by atoms with Crippen LogP contribution in [0.5, 0.6) is 0 Å². The molecular formula is C11H20N4O2S2. The van der Waals surface area contributed by atoms with Gasteiger partial charge in [-0.3, -0.25) is 4.90 Å². The lowest BCUT2D eigenvalue weighted by Gasteiger charge is -2.32. The molecule has 108 valence electrons. The zero-order valence-electron chi connectivity index (χ0n) is 11.0. The summed E-state index contributed by atoms with van der Waals surface area (Å²) in [4.78, 5) is 4.54. The molecule has 0 saturated carbocycles. The molecule has 0 unspecified atom stereocenters. The highest BCUT2D eigenvalue weighted by atomic mass is 32.2. The zero-order chi connectivity index (χ0) is 13.9. The number of nitrogen functional groups attached to an aromatic ring is 1. The molecule has 8 heteroatoms. The smallest absolute Gasteiger partial charge is 0.250 e. The maximum atomic E-state index is 12.0. The summed E-state index contributed by atoms with van der Waals surface area (Å²) in [5, 5.41) is 1.63. The first-order chi connectivity index (χ1) is 8.97. The average Bonchev–Trinajstić information content (AvgIpc) is 2.79. The monoisotopic (exact) mass is 304 g/mol. The van der Waals surface area contributed by atoms with Crippen LogP contribution in [0.2, 0.25) is 0 Å². The minimum Gasteiger partial charge on any atom is -0.398 e. The summed E-state index contributed by atoms with van der Waals surface area (Å²) in [6.07, 6.45) is 0. The molecule has 0 aliphatic carbocycles. The topological polar surface area (TPSA) is 78.7 Å². The van der Waals surface area contributed by atoms with Crippen molar-refractivity contribution < 1.29 is 8.42 Å². The molecule has 2 heterocycles. The number of rotatable bonds is 5. The van der Waals surface area contributed by atoms with Gasteiger partial charge >= 0.3 is 0 Å². The predicted octanol–water partition coefficient (Wildman–Crippen LogP) is -0.144. The second-order valence-corrected chi connectivity index (χ2v) is 7.65. The molecule has 6 nitrogen and oxygen atoms in total. The van der Waals surface area contributed by atoms with Crippen LogP contribution in [0.3, 0.4) is 0 Å². The van der Waals surface area contributed by atoms with Gasteiger partial charge in [-0.05, 0) is 13.1 Å². The van der Waals surface area contributed by atoms with Crippen molar-refractivity contribution in [2.24, 2.45) is 0 Å². The molecule has 0 radical (unpaired) electrons. The van der Waals surface area contributed by atoms with Crippen molar-refractivity contribution in [3.05, 3.63) is 11.4 Å². The van der Waals surface area contributed by atoms with Crippen molar-refractivity contribution in [1.29, 1.82) is 0 Å². The molecule has 1 aliphatic heterocycles. The fraction of sp³-hybridized carbons (Fsp3) is 0.636. The molecule has 0 spiro atoms. The van der Waals surface area contributed by atoms with Crippen molar-refractivity contribution in [3.8, 4) is 0 Å². The van der Waals surface area contributed by atoms with Crippen LogP contribution in [0.4, 0.5) is 5.69 Å². The van der Waals surface area contributed by atoms with E-state index in [-0.39, 0.29) is 4.21 Å². The van der Waals surface area contributed by atoms with Crippen molar-refractivity contribution in [2.45, 2.75) is 4.21 Å². The van der Waals surface area contributed by atoms with Gasteiger partial charge in [-0.1, -0.05) is 0 Å². The largest absolute Gasteiger partial charge is 0.398 e. The van der Waals surface area contributed by atoms with E-state index in [1.54, 1.807) is 5.38 Å². The molecule has 19 heavy (non-hydrogen) atoms. The molecule has 0 atom stereocenters. The van der Waals surface area contributed by atoms with Crippen LogP contribution in [0.15, 0.2) is 15.7 Å². The standard InChI is InChI=1S/C11H20N4O2S2/c1-14-4-6-15(7-5-14)3-2-13-19(16,17)11-8-10(12)9-18-11/h8-9,13H,2-7,12H2,1H3. The van der Waals surface area contributed by atoms with Gasteiger partial charge in [0.2, 0.25) is 10.0 Å². The molecule has 1 aromatic rings. The summed E-state index contributed by atoms with van der Waals surface area (Å²) in [6, 6.07) is 1.49. The molecule has 2 rings (SSSR count). The predicted molar refractivity (Wildman–Crippen MR) is 77.9 cm³/mol. The fourth-order valence-electron chi connectivity index (χ4n) is 1.95. The van der Waals surface area contributed by atoms with Crippen molar-refractivity contribution in [2.75, 3.05) is 52.0 Å². The lowest BCUT2D eigenvalue weighted by atomic mass is 10.3. The molecule has 1 aliphatic rings. The van der Waals surface area contributed by atoms with Crippen LogP contribution in [0, 0.1) is 0 Å². The van der Waals surface area contributed by atoms with Crippen molar-refractivity contribution in [1.82, 2.24) is 14.5 Å². The Hall–Kier alpha value is -0.670. The van der Waals surface area contributed by atoms with Gasteiger partial charge in [0.05, 0.1) is 0 Å². The van der Waals surface area contributed by atoms with Gasteiger partial charge in [-0.15, -0.1) is 11.3 Å². The lowest BCUT2D eigenvalue weighted by molar-refractivity contribution is 0.156. The first kappa shape index (κ1) is 14.7. The van der Waals surface area contributed by atoms with E-state index in [9.17, 15) is 8.42 Å². The number of anilines is 1. The quantitative estimate of drug-likeness (QED) is 0.791. The van der Waals surface area contributed by atoms with Gasteiger partial charge in [0.1, 0.15) is 4.21 Å².